The third-order valence-corrected chi connectivity index (χ3v) is 2.72. The van der Waals surface area contributed by atoms with Crippen molar-refractivity contribution in [1.29, 1.82) is 0 Å². The van der Waals surface area contributed by atoms with Crippen molar-refractivity contribution >= 4 is 5.91 Å². The molecule has 1 rings (SSSR count). The molecule has 1 amide bonds. The van der Waals surface area contributed by atoms with Gasteiger partial charge >= 0.3 is 0 Å². The van der Waals surface area contributed by atoms with Crippen molar-refractivity contribution in [3.8, 4) is 0 Å². The first-order valence-electron chi connectivity index (χ1n) is 5.71. The minimum Gasteiger partial charge on any atom is -0.350 e. The second-order valence-electron chi connectivity index (χ2n) is 4.60. The second kappa shape index (κ2) is 5.77. The summed E-state index contributed by atoms with van der Waals surface area (Å²) in [4.78, 5) is 11.7. The predicted octanol–water partition coefficient (Wildman–Crippen LogP) is 1.85. The number of carbonyl (C=O) groups is 1. The number of amides is 1. The summed E-state index contributed by atoms with van der Waals surface area (Å²) in [5.41, 5.74) is 6.65. The fourth-order valence-electron chi connectivity index (χ4n) is 1.35. The summed E-state index contributed by atoms with van der Waals surface area (Å²) >= 11 is 0. The summed E-state index contributed by atoms with van der Waals surface area (Å²) in [6.45, 7) is 6.08. The van der Waals surface area contributed by atoms with Gasteiger partial charge in [-0.2, -0.15) is 0 Å². The first-order valence-corrected chi connectivity index (χ1v) is 5.71. The van der Waals surface area contributed by atoms with Crippen molar-refractivity contribution in [3.63, 3.8) is 0 Å². The molecule has 0 aliphatic carbocycles. The molecule has 0 saturated heterocycles. The highest BCUT2D eigenvalue weighted by Crippen LogP contribution is 2.09. The van der Waals surface area contributed by atoms with Gasteiger partial charge in [-0.25, -0.2) is 4.39 Å². The Balaban J connectivity index is 2.64. The van der Waals surface area contributed by atoms with E-state index in [1.807, 2.05) is 13.8 Å². The summed E-state index contributed by atoms with van der Waals surface area (Å²) in [6.07, 6.45) is 0. The molecule has 3 nitrogen and oxygen atoms in total. The second-order valence-corrected chi connectivity index (χ2v) is 4.60. The Kier molecular flexibility index (Phi) is 4.63. The maximum atomic E-state index is 13.5. The highest BCUT2D eigenvalue weighted by molar-refractivity contribution is 5.94. The smallest absolute Gasteiger partial charge is 0.254 e. The Morgan fingerprint density at radius 3 is 2.65 bits per heavy atom. The number of nitrogens with one attached hydrogen (secondary N) is 1. The first-order chi connectivity index (χ1) is 7.91. The van der Waals surface area contributed by atoms with Crippen LogP contribution in [0.4, 0.5) is 4.39 Å². The molecule has 0 aliphatic rings. The van der Waals surface area contributed by atoms with Crippen LogP contribution in [0.2, 0.25) is 0 Å². The lowest BCUT2D eigenvalue weighted by atomic mass is 10.1. The van der Waals surface area contributed by atoms with Crippen LogP contribution in [0.5, 0.6) is 0 Å². The molecule has 0 bridgehead atoms. The summed E-state index contributed by atoms with van der Waals surface area (Å²) in [6, 6.07) is 4.42. The van der Waals surface area contributed by atoms with Crippen molar-refractivity contribution in [2.24, 2.45) is 11.7 Å². The van der Waals surface area contributed by atoms with Gasteiger partial charge in [0.1, 0.15) is 5.82 Å². The van der Waals surface area contributed by atoms with Crippen molar-refractivity contribution in [1.82, 2.24) is 5.32 Å². The van der Waals surface area contributed by atoms with Crippen molar-refractivity contribution in [3.05, 3.63) is 35.1 Å². The molecule has 17 heavy (non-hydrogen) atoms. The molecule has 94 valence electrons. The zero-order valence-corrected chi connectivity index (χ0v) is 10.5. The Hall–Kier alpha value is -1.42. The normalized spacial score (nSPS) is 12.6. The van der Waals surface area contributed by atoms with Gasteiger partial charge in [0.2, 0.25) is 0 Å². The van der Waals surface area contributed by atoms with Crippen LogP contribution in [0.3, 0.4) is 0 Å². The van der Waals surface area contributed by atoms with Gasteiger partial charge in [-0.3, -0.25) is 4.79 Å². The van der Waals surface area contributed by atoms with Crippen LogP contribution in [0.25, 0.3) is 0 Å². The number of hydrogen-bond donors (Lipinski definition) is 2. The van der Waals surface area contributed by atoms with E-state index < -0.39 is 11.7 Å². The van der Waals surface area contributed by atoms with Crippen LogP contribution in [0.1, 0.15) is 29.8 Å². The molecule has 4 heteroatoms. The topological polar surface area (TPSA) is 55.1 Å². The molecule has 0 fully saturated rings. The van der Waals surface area contributed by atoms with Crippen LogP contribution in [-0.4, -0.2) is 18.5 Å². The maximum Gasteiger partial charge on any atom is 0.254 e. The standard InChI is InChI=1S/C13H19FN2O/c1-8(2)12(15)7-16-13(17)10-5-4-9(3)6-11(10)14/h4-6,8,12H,7,15H2,1-3H3,(H,16,17). The number of aryl methyl sites for hydroxylation is 1. The number of halogens is 1. The van der Waals surface area contributed by atoms with Gasteiger partial charge in [0.15, 0.2) is 0 Å². The molecule has 1 aromatic rings. The quantitative estimate of drug-likeness (QED) is 0.841. The average molecular weight is 238 g/mol. The van der Waals surface area contributed by atoms with E-state index in [1.54, 1.807) is 13.0 Å². The van der Waals surface area contributed by atoms with Crippen molar-refractivity contribution < 1.29 is 9.18 Å². The minimum absolute atomic E-state index is 0.0616. The van der Waals surface area contributed by atoms with E-state index >= 15 is 0 Å². The summed E-state index contributed by atoms with van der Waals surface area (Å²) in [5, 5.41) is 2.64. The summed E-state index contributed by atoms with van der Waals surface area (Å²) in [5.74, 6) is -0.641. The van der Waals surface area contributed by atoms with E-state index in [1.165, 1.54) is 12.1 Å². The number of nitrogens with two attached hydrogens (primary N) is 1. The van der Waals surface area contributed by atoms with Gasteiger partial charge in [-0.15, -0.1) is 0 Å². The van der Waals surface area contributed by atoms with E-state index in [0.717, 1.165) is 5.56 Å². The highest BCUT2D eigenvalue weighted by Gasteiger charge is 2.13. The number of rotatable bonds is 4. The minimum atomic E-state index is -0.499. The largest absolute Gasteiger partial charge is 0.350 e. The Morgan fingerprint density at radius 1 is 1.47 bits per heavy atom. The molecule has 0 heterocycles. The zero-order chi connectivity index (χ0) is 13.0. The van der Waals surface area contributed by atoms with Crippen LogP contribution in [0, 0.1) is 18.7 Å². The van der Waals surface area contributed by atoms with Gasteiger partial charge in [-0.05, 0) is 30.5 Å². The SMILES string of the molecule is Cc1ccc(C(=O)NCC(N)C(C)C)c(F)c1. The third kappa shape index (κ3) is 3.82. The summed E-state index contributed by atoms with van der Waals surface area (Å²) < 4.78 is 13.5. The summed E-state index contributed by atoms with van der Waals surface area (Å²) in [7, 11) is 0. The number of hydrogen-bond acceptors (Lipinski definition) is 2. The Labute approximate surface area is 101 Å². The lowest BCUT2D eigenvalue weighted by Crippen LogP contribution is -2.40. The van der Waals surface area contributed by atoms with Gasteiger partial charge in [0.25, 0.3) is 5.91 Å². The first kappa shape index (κ1) is 13.6. The third-order valence-electron chi connectivity index (χ3n) is 2.72. The fraction of sp³-hybridized carbons (Fsp3) is 0.462. The maximum absolute atomic E-state index is 13.5. The monoisotopic (exact) mass is 238 g/mol. The fourth-order valence-corrected chi connectivity index (χ4v) is 1.35. The van der Waals surface area contributed by atoms with E-state index in [-0.39, 0.29) is 17.5 Å². The van der Waals surface area contributed by atoms with E-state index in [9.17, 15) is 9.18 Å². The van der Waals surface area contributed by atoms with Gasteiger partial charge in [0.05, 0.1) is 5.56 Å². The molecule has 0 radical (unpaired) electrons. The molecule has 3 N–H and O–H groups in total. The van der Waals surface area contributed by atoms with Crippen LogP contribution < -0.4 is 11.1 Å². The highest BCUT2D eigenvalue weighted by atomic mass is 19.1. The van der Waals surface area contributed by atoms with Gasteiger partial charge in [0, 0.05) is 12.6 Å². The number of benzene rings is 1. The van der Waals surface area contributed by atoms with Crippen LogP contribution >= 0.6 is 0 Å². The molecule has 0 aliphatic heterocycles. The molecule has 0 saturated carbocycles. The van der Waals surface area contributed by atoms with Crippen LogP contribution in [-0.2, 0) is 0 Å². The average Bonchev–Trinajstić information content (AvgIpc) is 2.25. The van der Waals surface area contributed by atoms with Gasteiger partial charge < -0.3 is 11.1 Å². The van der Waals surface area contributed by atoms with Crippen LogP contribution in [0.15, 0.2) is 18.2 Å². The molecule has 1 unspecified atom stereocenters. The van der Waals surface area contributed by atoms with Crippen molar-refractivity contribution in [2.75, 3.05) is 6.54 Å². The zero-order valence-electron chi connectivity index (χ0n) is 10.5. The van der Waals surface area contributed by atoms with E-state index in [2.05, 4.69) is 5.32 Å². The molecule has 0 spiro atoms. The molecule has 0 aromatic heterocycles. The lowest BCUT2D eigenvalue weighted by Gasteiger charge is -2.16. The lowest BCUT2D eigenvalue weighted by molar-refractivity contribution is 0.0945. The molecule has 1 aromatic carbocycles. The Bertz CT molecular complexity index is 404. The van der Waals surface area contributed by atoms with Gasteiger partial charge in [-0.1, -0.05) is 19.9 Å². The predicted molar refractivity (Wildman–Crippen MR) is 66.3 cm³/mol. The molecular weight excluding hydrogens is 219 g/mol. The molecular formula is C13H19FN2O. The van der Waals surface area contributed by atoms with Crippen molar-refractivity contribution in [2.45, 2.75) is 26.8 Å². The van der Waals surface area contributed by atoms with E-state index in [0.29, 0.717) is 6.54 Å². The van der Waals surface area contributed by atoms with E-state index in [4.69, 9.17) is 5.73 Å². The Morgan fingerprint density at radius 2 is 2.12 bits per heavy atom. The molecule has 1 atom stereocenters. The number of carbonyl (C=O) groups excluding carboxylic acids is 1.